The molecule has 1 rings (SSSR count). The van der Waals surface area contributed by atoms with Gasteiger partial charge in [-0.25, -0.2) is 4.21 Å². The predicted octanol–water partition coefficient (Wildman–Crippen LogP) is 1.57. The summed E-state index contributed by atoms with van der Waals surface area (Å²) in [6.07, 6.45) is 0. The van der Waals surface area contributed by atoms with Crippen molar-refractivity contribution < 1.29 is 8.76 Å². The second kappa shape index (κ2) is 3.61. The van der Waals surface area contributed by atoms with E-state index in [1.807, 2.05) is 19.1 Å². The summed E-state index contributed by atoms with van der Waals surface area (Å²) in [6.45, 7) is 1.87. The van der Waals surface area contributed by atoms with Crippen LogP contribution in [0.15, 0.2) is 24.3 Å². The number of hydrogen-bond acceptors (Lipinski definition) is 2. The van der Waals surface area contributed by atoms with Gasteiger partial charge in [0.25, 0.3) is 0 Å². The van der Waals surface area contributed by atoms with Crippen LogP contribution in [-0.2, 0) is 20.1 Å². The van der Waals surface area contributed by atoms with Crippen molar-refractivity contribution in [3.05, 3.63) is 29.8 Å². The second-order valence-corrected chi connectivity index (χ2v) is 5.48. The van der Waals surface area contributed by atoms with Gasteiger partial charge in [0, 0.05) is 18.2 Å². The molecule has 13 heavy (non-hydrogen) atoms. The van der Waals surface area contributed by atoms with Gasteiger partial charge in [0.15, 0.2) is 0 Å². The lowest BCUT2D eigenvalue weighted by Crippen LogP contribution is -2.24. The number of para-hydroxylation sites is 1. The zero-order chi connectivity index (χ0) is 10.1. The molecule has 0 saturated heterocycles. The first-order valence-corrected chi connectivity index (χ1v) is 6.09. The molecule has 0 fully saturated rings. The fourth-order valence-corrected chi connectivity index (χ4v) is 1.74. The molecule has 0 spiro atoms. The van der Waals surface area contributed by atoms with Crippen LogP contribution in [0, 0.1) is 6.92 Å². The fourth-order valence-electron chi connectivity index (χ4n) is 1.04. The molecule has 0 aliphatic heterocycles. The normalized spacial score (nSPS) is 15.0. The standard InChI is InChI=1S/C8H11NO2S2/c1-7-5-3-4-6-8(7)9(2)13(10,11)12/h3-6H,1-2H3,(H,10,11,12). The Bertz CT molecular complexity index is 400. The van der Waals surface area contributed by atoms with Crippen LogP contribution in [0.2, 0.25) is 0 Å². The van der Waals surface area contributed by atoms with E-state index in [4.69, 9.17) is 4.55 Å². The first-order chi connectivity index (χ1) is 5.93. The van der Waals surface area contributed by atoms with Gasteiger partial charge in [0.2, 0.25) is 8.96 Å². The highest BCUT2D eigenvalue weighted by molar-refractivity contribution is 8.30. The maximum absolute atomic E-state index is 11.1. The van der Waals surface area contributed by atoms with Crippen molar-refractivity contribution in [3.63, 3.8) is 0 Å². The summed E-state index contributed by atoms with van der Waals surface area (Å²) in [4.78, 5) is 0. The van der Waals surface area contributed by atoms with E-state index in [0.717, 1.165) is 5.56 Å². The molecule has 0 aliphatic rings. The monoisotopic (exact) mass is 217 g/mol. The van der Waals surface area contributed by atoms with E-state index < -0.39 is 8.96 Å². The Balaban J connectivity index is 3.17. The molecule has 0 saturated carbocycles. The lowest BCUT2D eigenvalue weighted by Gasteiger charge is -2.19. The summed E-state index contributed by atoms with van der Waals surface area (Å²) in [5.74, 6) is 0. The molecule has 0 amide bonds. The van der Waals surface area contributed by atoms with Crippen LogP contribution < -0.4 is 4.31 Å². The smallest absolute Gasteiger partial charge is 0.232 e. The number of anilines is 1. The van der Waals surface area contributed by atoms with Gasteiger partial charge >= 0.3 is 0 Å². The van der Waals surface area contributed by atoms with Crippen LogP contribution in [0.5, 0.6) is 0 Å². The zero-order valence-corrected chi connectivity index (χ0v) is 9.06. The third kappa shape index (κ3) is 2.40. The molecule has 3 nitrogen and oxygen atoms in total. The fraction of sp³-hybridized carbons (Fsp3) is 0.250. The molecule has 1 aromatic rings. The average molecular weight is 217 g/mol. The van der Waals surface area contributed by atoms with E-state index in [0.29, 0.717) is 5.69 Å². The minimum atomic E-state index is -3.31. The van der Waals surface area contributed by atoms with Crippen LogP contribution in [0.1, 0.15) is 5.56 Å². The van der Waals surface area contributed by atoms with Crippen LogP contribution in [0.4, 0.5) is 5.69 Å². The third-order valence-corrected chi connectivity index (χ3v) is 3.36. The van der Waals surface area contributed by atoms with Crippen molar-refractivity contribution in [1.82, 2.24) is 0 Å². The Morgan fingerprint density at radius 1 is 1.46 bits per heavy atom. The molecule has 0 bridgehead atoms. The SMILES string of the molecule is Cc1ccccc1N(C)S(=O)(O)=S. The number of hydrogen-bond donors (Lipinski definition) is 1. The molecular formula is C8H11NO2S2. The van der Waals surface area contributed by atoms with E-state index in [2.05, 4.69) is 11.2 Å². The lowest BCUT2D eigenvalue weighted by atomic mass is 10.2. The molecule has 1 N–H and O–H groups in total. The summed E-state index contributed by atoms with van der Waals surface area (Å²) < 4.78 is 21.5. The van der Waals surface area contributed by atoms with Gasteiger partial charge in [-0.15, -0.1) is 0 Å². The average Bonchev–Trinajstić information content (AvgIpc) is 2.02. The van der Waals surface area contributed by atoms with Crippen molar-refractivity contribution >= 4 is 25.8 Å². The first kappa shape index (κ1) is 10.4. The van der Waals surface area contributed by atoms with E-state index in [-0.39, 0.29) is 0 Å². The summed E-state index contributed by atoms with van der Waals surface area (Å²) in [5, 5.41) is 0. The van der Waals surface area contributed by atoms with Gasteiger partial charge in [-0.1, -0.05) is 18.2 Å². The second-order valence-electron chi connectivity index (χ2n) is 2.73. The molecule has 1 unspecified atom stereocenters. The summed E-state index contributed by atoms with van der Waals surface area (Å²) >= 11 is 4.46. The third-order valence-electron chi connectivity index (χ3n) is 1.80. The number of benzene rings is 1. The van der Waals surface area contributed by atoms with Crippen molar-refractivity contribution in [2.45, 2.75) is 6.92 Å². The molecular weight excluding hydrogens is 206 g/mol. The van der Waals surface area contributed by atoms with E-state index >= 15 is 0 Å². The predicted molar refractivity (Wildman–Crippen MR) is 57.7 cm³/mol. The molecule has 5 heteroatoms. The van der Waals surface area contributed by atoms with E-state index in [1.54, 1.807) is 12.1 Å². The van der Waals surface area contributed by atoms with Crippen molar-refractivity contribution in [2.24, 2.45) is 0 Å². The molecule has 1 atom stereocenters. The summed E-state index contributed by atoms with van der Waals surface area (Å²) in [7, 11) is -1.80. The highest BCUT2D eigenvalue weighted by Crippen LogP contribution is 2.19. The summed E-state index contributed by atoms with van der Waals surface area (Å²) in [5.41, 5.74) is 1.61. The minimum Gasteiger partial charge on any atom is -0.290 e. The highest BCUT2D eigenvalue weighted by Gasteiger charge is 2.11. The Labute approximate surface area is 83.0 Å². The van der Waals surface area contributed by atoms with Gasteiger partial charge < -0.3 is 0 Å². The van der Waals surface area contributed by atoms with Crippen molar-refractivity contribution in [2.75, 3.05) is 11.4 Å². The van der Waals surface area contributed by atoms with Crippen LogP contribution in [0.25, 0.3) is 0 Å². The van der Waals surface area contributed by atoms with Crippen LogP contribution in [0.3, 0.4) is 0 Å². The summed E-state index contributed by atoms with van der Waals surface area (Å²) in [6, 6.07) is 7.30. The minimum absolute atomic E-state index is 0.685. The van der Waals surface area contributed by atoms with E-state index in [1.165, 1.54) is 11.4 Å². The first-order valence-electron chi connectivity index (χ1n) is 3.70. The van der Waals surface area contributed by atoms with Gasteiger partial charge in [-0.05, 0) is 18.6 Å². The molecule has 0 heterocycles. The number of rotatable bonds is 2. The van der Waals surface area contributed by atoms with Crippen molar-refractivity contribution in [3.8, 4) is 0 Å². The van der Waals surface area contributed by atoms with Crippen molar-refractivity contribution in [1.29, 1.82) is 0 Å². The maximum Gasteiger partial charge on any atom is 0.232 e. The van der Waals surface area contributed by atoms with E-state index in [9.17, 15) is 4.21 Å². The van der Waals surface area contributed by atoms with Gasteiger partial charge in [-0.2, -0.15) is 0 Å². The highest BCUT2D eigenvalue weighted by atomic mass is 32.8. The number of nitrogens with zero attached hydrogens (tertiary/aromatic N) is 1. The molecule has 1 aromatic carbocycles. The van der Waals surface area contributed by atoms with Gasteiger partial charge in [-0.3, -0.25) is 8.86 Å². The van der Waals surface area contributed by atoms with Crippen LogP contribution >= 0.6 is 0 Å². The Kier molecular flexibility index (Phi) is 2.90. The largest absolute Gasteiger partial charge is 0.290 e. The molecule has 72 valence electrons. The Morgan fingerprint density at radius 3 is 2.46 bits per heavy atom. The quantitative estimate of drug-likeness (QED) is 0.817. The lowest BCUT2D eigenvalue weighted by molar-refractivity contribution is 0.559. The van der Waals surface area contributed by atoms with Gasteiger partial charge in [0.1, 0.15) is 0 Å². The topological polar surface area (TPSA) is 40.5 Å². The maximum atomic E-state index is 11.1. The van der Waals surface area contributed by atoms with Gasteiger partial charge in [0.05, 0.1) is 5.69 Å². The zero-order valence-electron chi connectivity index (χ0n) is 7.43. The Hall–Kier alpha value is -0.650. The molecule has 0 aromatic heterocycles. The Morgan fingerprint density at radius 2 is 2.00 bits per heavy atom. The molecule has 0 radical (unpaired) electrons. The van der Waals surface area contributed by atoms with Crippen LogP contribution in [-0.4, -0.2) is 15.8 Å². The number of aryl methyl sites for hydroxylation is 1. The molecule has 0 aliphatic carbocycles.